The summed E-state index contributed by atoms with van der Waals surface area (Å²) in [5.74, 6) is 1.62. The summed E-state index contributed by atoms with van der Waals surface area (Å²) in [5, 5.41) is 4.41. The molecule has 0 spiro atoms. The van der Waals surface area contributed by atoms with Gasteiger partial charge in [0.25, 0.3) is 0 Å². The first-order valence-corrected chi connectivity index (χ1v) is 10.5. The minimum absolute atomic E-state index is 0.208. The zero-order valence-corrected chi connectivity index (χ0v) is 17.5. The van der Waals surface area contributed by atoms with E-state index in [4.69, 9.17) is 19.2 Å². The lowest BCUT2D eigenvalue weighted by Crippen LogP contribution is -2.17. The third-order valence-corrected chi connectivity index (χ3v) is 5.26. The highest BCUT2D eigenvalue weighted by Gasteiger charge is 2.17. The third kappa shape index (κ3) is 4.65. The Hall–Kier alpha value is -3.65. The number of ether oxygens (including phenoxy) is 3. The van der Waals surface area contributed by atoms with Gasteiger partial charge < -0.3 is 24.1 Å². The predicted octanol–water partition coefficient (Wildman–Crippen LogP) is 4.06. The van der Waals surface area contributed by atoms with E-state index in [0.717, 1.165) is 41.5 Å². The molecule has 0 atom stereocenters. The van der Waals surface area contributed by atoms with E-state index in [0.29, 0.717) is 23.9 Å². The molecule has 1 N–H and O–H groups in total. The molecule has 32 heavy (non-hydrogen) atoms. The second kappa shape index (κ2) is 9.23. The monoisotopic (exact) mass is 434 g/mol. The molecule has 0 saturated carbocycles. The first kappa shape index (κ1) is 20.3. The Kier molecular flexibility index (Phi) is 5.85. The van der Waals surface area contributed by atoms with Gasteiger partial charge in [-0.2, -0.15) is 0 Å². The molecule has 4 aromatic rings. The van der Waals surface area contributed by atoms with E-state index in [1.165, 1.54) is 12.1 Å². The van der Waals surface area contributed by atoms with Gasteiger partial charge in [0, 0.05) is 42.5 Å². The van der Waals surface area contributed by atoms with Crippen LogP contribution in [0.25, 0.3) is 10.9 Å². The zero-order chi connectivity index (χ0) is 21.8. The molecule has 0 radical (unpaired) electrons. The van der Waals surface area contributed by atoms with Crippen LogP contribution in [-0.4, -0.2) is 27.9 Å². The number of aryl methyl sites for hydroxylation is 1. The van der Waals surface area contributed by atoms with Gasteiger partial charge in [-0.1, -0.05) is 12.1 Å². The highest BCUT2D eigenvalue weighted by Crippen LogP contribution is 2.37. The Morgan fingerprint density at radius 1 is 1.12 bits per heavy atom. The molecular weight excluding hydrogens is 411 g/mol. The fraction of sp³-hybridized carbons (Fsp3) is 0.250. The second-order valence-corrected chi connectivity index (χ2v) is 7.60. The molecular formula is C24H23FN4O3. The number of aromatic nitrogens is 3. The van der Waals surface area contributed by atoms with Crippen molar-refractivity contribution in [1.29, 1.82) is 0 Å². The molecule has 0 saturated heterocycles. The molecule has 2 aromatic carbocycles. The number of benzene rings is 2. The third-order valence-electron chi connectivity index (χ3n) is 5.26. The van der Waals surface area contributed by atoms with Crippen LogP contribution in [0.2, 0.25) is 0 Å². The fourth-order valence-corrected chi connectivity index (χ4v) is 3.65. The Bertz CT molecular complexity index is 1210. The lowest BCUT2D eigenvalue weighted by molar-refractivity contribution is 0.174. The van der Waals surface area contributed by atoms with Crippen molar-refractivity contribution in [3.63, 3.8) is 0 Å². The summed E-state index contributed by atoms with van der Waals surface area (Å²) in [6.45, 7) is 2.77. The highest BCUT2D eigenvalue weighted by atomic mass is 19.1. The smallest absolute Gasteiger partial charge is 0.231 e. The first-order chi connectivity index (χ1) is 15.7. The summed E-state index contributed by atoms with van der Waals surface area (Å²) in [5.41, 5.74) is 2.43. The van der Waals surface area contributed by atoms with Gasteiger partial charge in [-0.05, 0) is 42.8 Å². The van der Waals surface area contributed by atoms with Crippen molar-refractivity contribution in [1.82, 2.24) is 19.9 Å². The summed E-state index contributed by atoms with van der Waals surface area (Å²) in [7, 11) is 0. The lowest BCUT2D eigenvalue weighted by Gasteiger charge is -2.13. The quantitative estimate of drug-likeness (QED) is 0.401. The van der Waals surface area contributed by atoms with Gasteiger partial charge in [0.2, 0.25) is 12.7 Å². The SMILES string of the molecule is Fc1cccc(COc2nc3cc4c(cc3cc2CNCCCn2ccnc2)OCO4)c1. The largest absolute Gasteiger partial charge is 0.473 e. The molecule has 0 unspecified atom stereocenters. The summed E-state index contributed by atoms with van der Waals surface area (Å²) < 4.78 is 32.6. The van der Waals surface area contributed by atoms with Crippen LogP contribution in [0, 0.1) is 5.82 Å². The van der Waals surface area contributed by atoms with E-state index in [1.807, 2.05) is 36.8 Å². The first-order valence-electron chi connectivity index (χ1n) is 10.5. The van der Waals surface area contributed by atoms with Crippen LogP contribution in [0.15, 0.2) is 61.2 Å². The van der Waals surface area contributed by atoms with Crippen LogP contribution in [0.4, 0.5) is 4.39 Å². The van der Waals surface area contributed by atoms with Crippen LogP contribution < -0.4 is 19.5 Å². The maximum atomic E-state index is 13.5. The van der Waals surface area contributed by atoms with Crippen molar-refractivity contribution in [2.24, 2.45) is 0 Å². The maximum Gasteiger partial charge on any atom is 0.231 e. The maximum absolute atomic E-state index is 13.5. The lowest BCUT2D eigenvalue weighted by atomic mass is 10.1. The van der Waals surface area contributed by atoms with E-state index < -0.39 is 0 Å². The standard InChI is InChI=1S/C24H23FN4O3/c25-20-4-1-3-17(9-20)14-30-24-19(13-26-5-2-7-29-8-6-27-15-29)10-18-11-22-23(32-16-31-22)12-21(18)28-24/h1,3-4,6,8-12,15,26H,2,5,7,13-14,16H2. The van der Waals surface area contributed by atoms with Gasteiger partial charge in [-0.15, -0.1) is 0 Å². The average Bonchev–Trinajstić information content (AvgIpc) is 3.47. The molecule has 7 nitrogen and oxygen atoms in total. The molecule has 1 aliphatic rings. The Morgan fingerprint density at radius 2 is 2.03 bits per heavy atom. The van der Waals surface area contributed by atoms with Gasteiger partial charge >= 0.3 is 0 Å². The van der Waals surface area contributed by atoms with Gasteiger partial charge in [-0.3, -0.25) is 0 Å². The average molecular weight is 434 g/mol. The molecule has 5 rings (SSSR count). The van der Waals surface area contributed by atoms with Crippen LogP contribution in [0.1, 0.15) is 17.5 Å². The molecule has 2 aromatic heterocycles. The van der Waals surface area contributed by atoms with Crippen molar-refractivity contribution in [3.8, 4) is 17.4 Å². The molecule has 0 fully saturated rings. The molecule has 3 heterocycles. The van der Waals surface area contributed by atoms with Crippen LogP contribution in [0.5, 0.6) is 17.4 Å². The van der Waals surface area contributed by atoms with Gasteiger partial charge in [0.1, 0.15) is 12.4 Å². The predicted molar refractivity (Wildman–Crippen MR) is 117 cm³/mol. The normalized spacial score (nSPS) is 12.4. The number of fused-ring (bicyclic) bond motifs is 2. The van der Waals surface area contributed by atoms with Crippen molar-refractivity contribution in [2.45, 2.75) is 26.1 Å². The molecule has 1 aliphatic heterocycles. The number of hydrogen-bond acceptors (Lipinski definition) is 6. The summed E-state index contributed by atoms with van der Waals surface area (Å²) in [6.07, 6.45) is 6.52. The number of rotatable bonds is 9. The summed E-state index contributed by atoms with van der Waals surface area (Å²) >= 11 is 0. The van der Waals surface area contributed by atoms with Crippen molar-refractivity contribution in [2.75, 3.05) is 13.3 Å². The Morgan fingerprint density at radius 3 is 2.88 bits per heavy atom. The number of imidazole rings is 1. The minimum atomic E-state index is -0.287. The number of halogens is 1. The number of nitrogens with one attached hydrogen (secondary N) is 1. The molecule has 0 bridgehead atoms. The number of hydrogen-bond donors (Lipinski definition) is 1. The summed E-state index contributed by atoms with van der Waals surface area (Å²) in [4.78, 5) is 8.79. The Balaban J connectivity index is 1.33. The fourth-order valence-electron chi connectivity index (χ4n) is 3.65. The topological polar surface area (TPSA) is 70.4 Å². The van der Waals surface area contributed by atoms with Crippen molar-refractivity contribution >= 4 is 10.9 Å². The second-order valence-electron chi connectivity index (χ2n) is 7.60. The van der Waals surface area contributed by atoms with E-state index in [9.17, 15) is 4.39 Å². The van der Waals surface area contributed by atoms with Crippen molar-refractivity contribution < 1.29 is 18.6 Å². The molecule has 0 aliphatic carbocycles. The van der Waals surface area contributed by atoms with Crippen molar-refractivity contribution in [3.05, 3.63) is 78.1 Å². The molecule has 164 valence electrons. The zero-order valence-electron chi connectivity index (χ0n) is 17.5. The number of pyridine rings is 1. The van der Waals surface area contributed by atoms with Crippen LogP contribution in [-0.2, 0) is 19.7 Å². The number of nitrogens with zero attached hydrogens (tertiary/aromatic N) is 3. The van der Waals surface area contributed by atoms with Gasteiger partial charge in [0.15, 0.2) is 11.5 Å². The molecule has 8 heteroatoms. The molecule has 0 amide bonds. The van der Waals surface area contributed by atoms with Crippen LogP contribution in [0.3, 0.4) is 0 Å². The Labute approximate surface area is 184 Å². The van der Waals surface area contributed by atoms with Gasteiger partial charge in [0.05, 0.1) is 11.8 Å². The van der Waals surface area contributed by atoms with E-state index in [2.05, 4.69) is 14.9 Å². The minimum Gasteiger partial charge on any atom is -0.473 e. The summed E-state index contributed by atoms with van der Waals surface area (Å²) in [6, 6.07) is 12.2. The van der Waals surface area contributed by atoms with Crippen LogP contribution >= 0.6 is 0 Å². The highest BCUT2D eigenvalue weighted by molar-refractivity contribution is 5.84. The van der Waals surface area contributed by atoms with E-state index >= 15 is 0 Å². The van der Waals surface area contributed by atoms with E-state index in [1.54, 1.807) is 12.3 Å². The van der Waals surface area contributed by atoms with Gasteiger partial charge in [-0.25, -0.2) is 14.4 Å². The van der Waals surface area contributed by atoms with E-state index in [-0.39, 0.29) is 19.2 Å².